The van der Waals surface area contributed by atoms with E-state index in [0.717, 1.165) is 0 Å². The van der Waals surface area contributed by atoms with Crippen LogP contribution in [0.15, 0.2) is 30.6 Å². The molecule has 0 aliphatic carbocycles. The minimum Gasteiger partial charge on any atom is -0.492 e. The molecule has 0 atom stereocenters. The molecule has 17 heavy (non-hydrogen) atoms. The van der Waals surface area contributed by atoms with Gasteiger partial charge in [-0.2, -0.15) is 5.10 Å². The minimum absolute atomic E-state index is 0.479. The topological polar surface area (TPSA) is 53.1 Å². The second kappa shape index (κ2) is 5.29. The largest absolute Gasteiger partial charge is 0.492 e. The van der Waals surface area contributed by atoms with Gasteiger partial charge in [-0.25, -0.2) is 0 Å². The number of nitrogens with zero attached hydrogens (tertiary/aromatic N) is 2. The molecule has 1 aromatic heterocycles. The van der Waals surface area contributed by atoms with Gasteiger partial charge in [0, 0.05) is 12.3 Å². The first-order chi connectivity index (χ1) is 8.15. The normalized spacial score (nSPS) is 10.5. The van der Waals surface area contributed by atoms with Crippen LogP contribution in [-0.4, -0.2) is 16.4 Å². The van der Waals surface area contributed by atoms with Crippen molar-refractivity contribution in [3.8, 4) is 5.75 Å². The summed E-state index contributed by atoms with van der Waals surface area (Å²) in [6, 6.07) is 5.15. The van der Waals surface area contributed by atoms with Gasteiger partial charge in [0.05, 0.1) is 28.5 Å². The summed E-state index contributed by atoms with van der Waals surface area (Å²) >= 11 is 11.7. The van der Waals surface area contributed by atoms with Crippen molar-refractivity contribution in [2.24, 2.45) is 0 Å². The maximum absolute atomic E-state index is 5.87. The van der Waals surface area contributed by atoms with Crippen molar-refractivity contribution < 1.29 is 4.74 Å². The molecule has 4 nitrogen and oxygen atoms in total. The monoisotopic (exact) mass is 271 g/mol. The molecule has 0 amide bonds. The van der Waals surface area contributed by atoms with E-state index < -0.39 is 0 Å². The van der Waals surface area contributed by atoms with Crippen molar-refractivity contribution in [3.63, 3.8) is 0 Å². The lowest BCUT2D eigenvalue weighted by atomic mass is 10.3. The van der Waals surface area contributed by atoms with Gasteiger partial charge >= 0.3 is 0 Å². The van der Waals surface area contributed by atoms with Gasteiger partial charge in [-0.15, -0.1) is 0 Å². The van der Waals surface area contributed by atoms with Crippen molar-refractivity contribution >= 4 is 28.9 Å². The van der Waals surface area contributed by atoms with Gasteiger partial charge in [0.2, 0.25) is 0 Å². The van der Waals surface area contributed by atoms with E-state index in [1.165, 1.54) is 0 Å². The summed E-state index contributed by atoms with van der Waals surface area (Å²) in [6.45, 7) is 1.11. The lowest BCUT2D eigenvalue weighted by Gasteiger charge is -2.07. The van der Waals surface area contributed by atoms with E-state index in [0.29, 0.717) is 34.6 Å². The van der Waals surface area contributed by atoms with E-state index in [9.17, 15) is 0 Å². The number of halogens is 2. The number of hydrogen-bond acceptors (Lipinski definition) is 3. The van der Waals surface area contributed by atoms with Crippen molar-refractivity contribution in [3.05, 3.63) is 40.6 Å². The molecule has 0 bridgehead atoms. The van der Waals surface area contributed by atoms with Crippen LogP contribution in [0.4, 0.5) is 5.69 Å². The summed E-state index contributed by atoms with van der Waals surface area (Å²) in [5.74, 6) is 0.680. The number of hydrogen-bond donors (Lipinski definition) is 1. The van der Waals surface area contributed by atoms with Crippen LogP contribution >= 0.6 is 23.2 Å². The summed E-state index contributed by atoms with van der Waals surface area (Å²) in [6.07, 6.45) is 3.34. The zero-order chi connectivity index (χ0) is 12.3. The van der Waals surface area contributed by atoms with Crippen LogP contribution in [0.5, 0.6) is 5.75 Å². The molecule has 0 radical (unpaired) electrons. The second-order valence-electron chi connectivity index (χ2n) is 3.46. The Kier molecular flexibility index (Phi) is 3.76. The van der Waals surface area contributed by atoms with E-state index >= 15 is 0 Å². The molecule has 0 saturated heterocycles. The maximum atomic E-state index is 5.87. The number of anilines is 1. The first-order valence-corrected chi connectivity index (χ1v) is 5.76. The highest BCUT2D eigenvalue weighted by molar-refractivity contribution is 6.42. The standard InChI is InChI=1S/C11H11Cl2N3O/c12-10-2-1-9(5-11(10)13)17-4-3-16-7-8(14)6-15-16/h1-2,5-7H,3-4,14H2. The van der Waals surface area contributed by atoms with Crippen LogP contribution in [0.1, 0.15) is 0 Å². The van der Waals surface area contributed by atoms with E-state index in [1.54, 1.807) is 35.3 Å². The average Bonchev–Trinajstić information content (AvgIpc) is 2.70. The zero-order valence-corrected chi connectivity index (χ0v) is 10.4. The molecule has 1 aromatic carbocycles. The van der Waals surface area contributed by atoms with Crippen LogP contribution in [-0.2, 0) is 6.54 Å². The number of nitrogen functional groups attached to an aromatic ring is 1. The molecule has 90 valence electrons. The Bertz CT molecular complexity index is 513. The van der Waals surface area contributed by atoms with Gasteiger partial charge in [-0.3, -0.25) is 4.68 Å². The van der Waals surface area contributed by atoms with Gasteiger partial charge < -0.3 is 10.5 Å². The van der Waals surface area contributed by atoms with Crippen LogP contribution < -0.4 is 10.5 Å². The lowest BCUT2D eigenvalue weighted by molar-refractivity contribution is 0.291. The highest BCUT2D eigenvalue weighted by atomic mass is 35.5. The minimum atomic E-state index is 0.479. The van der Waals surface area contributed by atoms with Crippen LogP contribution in [0.2, 0.25) is 10.0 Å². The van der Waals surface area contributed by atoms with Gasteiger partial charge in [0.15, 0.2) is 0 Å². The van der Waals surface area contributed by atoms with E-state index in [-0.39, 0.29) is 0 Å². The summed E-state index contributed by atoms with van der Waals surface area (Å²) < 4.78 is 7.23. The van der Waals surface area contributed by atoms with Gasteiger partial charge in [-0.05, 0) is 12.1 Å². The number of ether oxygens (including phenoxy) is 1. The summed E-state index contributed by atoms with van der Waals surface area (Å²) in [5, 5.41) is 5.04. The molecular weight excluding hydrogens is 261 g/mol. The molecule has 0 saturated carbocycles. The first-order valence-electron chi connectivity index (χ1n) is 5.01. The highest BCUT2D eigenvalue weighted by Crippen LogP contribution is 2.26. The number of rotatable bonds is 4. The van der Waals surface area contributed by atoms with E-state index in [4.69, 9.17) is 33.7 Å². The highest BCUT2D eigenvalue weighted by Gasteiger charge is 2.00. The first kappa shape index (κ1) is 12.1. The quantitative estimate of drug-likeness (QED) is 0.931. The Morgan fingerprint density at radius 2 is 2.12 bits per heavy atom. The van der Waals surface area contributed by atoms with E-state index in [1.807, 2.05) is 0 Å². The molecule has 2 aromatic rings. The fourth-order valence-corrected chi connectivity index (χ4v) is 1.61. The van der Waals surface area contributed by atoms with Crippen LogP contribution in [0.3, 0.4) is 0 Å². The van der Waals surface area contributed by atoms with E-state index in [2.05, 4.69) is 5.10 Å². The molecule has 6 heteroatoms. The van der Waals surface area contributed by atoms with Crippen molar-refractivity contribution in [2.75, 3.05) is 12.3 Å². The molecule has 0 fully saturated rings. The van der Waals surface area contributed by atoms with Crippen molar-refractivity contribution in [2.45, 2.75) is 6.54 Å². The maximum Gasteiger partial charge on any atom is 0.120 e. The second-order valence-corrected chi connectivity index (χ2v) is 4.28. The molecule has 0 aliphatic rings. The molecule has 0 aliphatic heterocycles. The predicted molar refractivity (Wildman–Crippen MR) is 68.6 cm³/mol. The van der Waals surface area contributed by atoms with Gasteiger partial charge in [-0.1, -0.05) is 23.2 Å². The molecule has 0 spiro atoms. The fourth-order valence-electron chi connectivity index (χ4n) is 1.33. The average molecular weight is 272 g/mol. The molecule has 2 N–H and O–H groups in total. The molecular formula is C11H11Cl2N3O. The fraction of sp³-hybridized carbons (Fsp3) is 0.182. The SMILES string of the molecule is Nc1cnn(CCOc2ccc(Cl)c(Cl)c2)c1. The van der Waals surface area contributed by atoms with Crippen molar-refractivity contribution in [1.29, 1.82) is 0 Å². The van der Waals surface area contributed by atoms with Gasteiger partial charge in [0.1, 0.15) is 12.4 Å². The lowest BCUT2D eigenvalue weighted by Crippen LogP contribution is -2.08. The smallest absolute Gasteiger partial charge is 0.120 e. The van der Waals surface area contributed by atoms with Crippen LogP contribution in [0.25, 0.3) is 0 Å². The third-order valence-corrected chi connectivity index (χ3v) is 2.87. The molecule has 1 heterocycles. The van der Waals surface area contributed by atoms with Crippen LogP contribution in [0, 0.1) is 0 Å². The molecule has 0 unspecified atom stereocenters. The van der Waals surface area contributed by atoms with Crippen molar-refractivity contribution in [1.82, 2.24) is 9.78 Å². The Hall–Kier alpha value is -1.39. The Morgan fingerprint density at radius 3 is 2.76 bits per heavy atom. The summed E-state index contributed by atoms with van der Waals surface area (Å²) in [7, 11) is 0. The Balaban J connectivity index is 1.87. The number of aromatic nitrogens is 2. The van der Waals surface area contributed by atoms with Gasteiger partial charge in [0.25, 0.3) is 0 Å². The summed E-state index contributed by atoms with van der Waals surface area (Å²) in [4.78, 5) is 0. The number of nitrogens with two attached hydrogens (primary N) is 1. The summed E-state index contributed by atoms with van der Waals surface area (Å²) in [5.41, 5.74) is 6.18. The number of benzene rings is 1. The zero-order valence-electron chi connectivity index (χ0n) is 8.94. The molecule has 2 rings (SSSR count). The predicted octanol–water partition coefficient (Wildman–Crippen LogP) is 2.85. The Labute approximate surface area is 109 Å². The Morgan fingerprint density at radius 1 is 1.29 bits per heavy atom. The third kappa shape index (κ3) is 3.28. The third-order valence-electron chi connectivity index (χ3n) is 2.13.